The molecule has 2 unspecified atom stereocenters. The number of nitrogens with zero attached hydrogens (tertiary/aromatic N) is 2. The molecule has 1 aromatic heterocycles. The van der Waals surface area contributed by atoms with Gasteiger partial charge in [0.25, 0.3) is 0 Å². The maximum absolute atomic E-state index is 13.3. The van der Waals surface area contributed by atoms with Gasteiger partial charge in [0, 0.05) is 19.2 Å². The minimum absolute atomic E-state index is 0.436. The van der Waals surface area contributed by atoms with Gasteiger partial charge in [0.05, 0.1) is 35.0 Å². The second-order valence-electron chi connectivity index (χ2n) is 6.46. The highest BCUT2D eigenvalue weighted by Crippen LogP contribution is 2.37. The number of para-hydroxylation sites is 1. The molecule has 2 heterocycles. The van der Waals surface area contributed by atoms with Crippen LogP contribution in [0, 0.1) is 0 Å². The maximum atomic E-state index is 13.3. The Morgan fingerprint density at radius 1 is 1.32 bits per heavy atom. The van der Waals surface area contributed by atoms with E-state index in [1.165, 1.54) is 5.56 Å². The monoisotopic (exact) mass is 355 g/mol. The average molecular weight is 355 g/mol. The molecule has 3 aromatic rings. The van der Waals surface area contributed by atoms with E-state index in [4.69, 9.17) is 4.74 Å². The second kappa shape index (κ2) is 6.28. The molecule has 0 amide bonds. The van der Waals surface area contributed by atoms with Crippen molar-refractivity contribution in [1.29, 1.82) is 0 Å². The zero-order valence-corrected chi connectivity index (χ0v) is 15.4. The van der Waals surface area contributed by atoms with E-state index in [1.807, 2.05) is 30.3 Å². The Balaban J connectivity index is 1.78. The number of aryl methyl sites for hydroxylation is 1. The number of rotatable bonds is 3. The molecule has 1 N–H and O–H groups in total. The van der Waals surface area contributed by atoms with Gasteiger partial charge in [-0.2, -0.15) is 4.98 Å². The molecule has 0 aliphatic carbocycles. The van der Waals surface area contributed by atoms with Gasteiger partial charge in [-0.25, -0.2) is 0 Å². The van der Waals surface area contributed by atoms with Crippen LogP contribution in [0.5, 0.6) is 5.75 Å². The van der Waals surface area contributed by atoms with Gasteiger partial charge in [-0.1, -0.05) is 12.1 Å². The van der Waals surface area contributed by atoms with Crippen LogP contribution in [0.2, 0.25) is 0 Å². The van der Waals surface area contributed by atoms with Gasteiger partial charge in [-0.05, 0) is 43.5 Å². The molecule has 2 aromatic carbocycles. The molecular formula is C19H21N3O2S. The van der Waals surface area contributed by atoms with Crippen molar-refractivity contribution in [3.63, 3.8) is 0 Å². The number of anilines is 1. The summed E-state index contributed by atoms with van der Waals surface area (Å²) >= 11 is -1.36. The Bertz CT molecular complexity index is 924. The molecule has 0 bridgehead atoms. The van der Waals surface area contributed by atoms with Crippen LogP contribution in [0.25, 0.3) is 11.0 Å². The summed E-state index contributed by atoms with van der Waals surface area (Å²) in [5, 5.41) is 0.475. The summed E-state index contributed by atoms with van der Waals surface area (Å²) in [6.07, 6.45) is 2.13. The average Bonchev–Trinajstić information content (AvgIpc) is 3.06. The number of methoxy groups -OCH3 is 1. The van der Waals surface area contributed by atoms with Crippen molar-refractivity contribution in [2.24, 2.45) is 0 Å². The number of aromatic amines is 1. The Morgan fingerprint density at radius 2 is 2.16 bits per heavy atom. The summed E-state index contributed by atoms with van der Waals surface area (Å²) in [6, 6.07) is 12.1. The number of aromatic nitrogens is 2. The summed E-state index contributed by atoms with van der Waals surface area (Å²) in [5.41, 5.74) is 3.95. The van der Waals surface area contributed by atoms with E-state index in [2.05, 4.69) is 34.9 Å². The number of fused-ring (bicyclic) bond motifs is 2. The first kappa shape index (κ1) is 16.3. The number of hydrogen-bond donors (Lipinski definition) is 1. The number of ether oxygens (including phenoxy) is 1. The molecule has 0 saturated heterocycles. The molecule has 25 heavy (non-hydrogen) atoms. The number of imidazole rings is 1. The van der Waals surface area contributed by atoms with Gasteiger partial charge in [-0.3, -0.25) is 4.98 Å². The number of hydrogen-bond acceptors (Lipinski definition) is 4. The molecule has 0 fully saturated rings. The number of nitrogens with one attached hydrogen (secondary N) is 1. The summed E-state index contributed by atoms with van der Waals surface area (Å²) < 4.78 is 18.5. The smallest absolute Gasteiger partial charge is 0.327 e. The van der Waals surface area contributed by atoms with Gasteiger partial charge in [0.15, 0.2) is 4.90 Å². The van der Waals surface area contributed by atoms with E-state index in [-0.39, 0.29) is 0 Å². The molecule has 6 heteroatoms. The Hall–Kier alpha value is -2.18. The molecule has 4 rings (SSSR count). The van der Waals surface area contributed by atoms with E-state index in [1.54, 1.807) is 7.11 Å². The van der Waals surface area contributed by atoms with E-state index >= 15 is 0 Å². The summed E-state index contributed by atoms with van der Waals surface area (Å²) in [4.78, 5) is 10.8. The standard InChI is InChI=1S/C19H21N3O2S/c1-12-7-8-13-5-4-6-17(18(13)22(12)2)25(23)19-20-15-10-9-14(24-3)11-16(15)21-19/h4-6,9-12H,7-8H2,1-3H3,(H,20,21). The highest BCUT2D eigenvalue weighted by atomic mass is 32.2. The summed E-state index contributed by atoms with van der Waals surface area (Å²) in [7, 11) is 3.71. The third kappa shape index (κ3) is 2.75. The third-order valence-corrected chi connectivity index (χ3v) is 6.24. The van der Waals surface area contributed by atoms with Crippen molar-refractivity contribution in [3.05, 3.63) is 42.0 Å². The van der Waals surface area contributed by atoms with Crippen LogP contribution in [0.15, 0.2) is 46.5 Å². The van der Waals surface area contributed by atoms with Crippen molar-refractivity contribution in [1.82, 2.24) is 9.97 Å². The van der Waals surface area contributed by atoms with Crippen LogP contribution in [0.3, 0.4) is 0 Å². The third-order valence-electron chi connectivity index (χ3n) is 4.97. The van der Waals surface area contributed by atoms with Gasteiger partial charge in [0.1, 0.15) is 5.75 Å². The van der Waals surface area contributed by atoms with E-state index in [0.717, 1.165) is 40.2 Å². The van der Waals surface area contributed by atoms with Crippen LogP contribution in [-0.4, -0.2) is 34.7 Å². The number of benzene rings is 2. The van der Waals surface area contributed by atoms with Crippen molar-refractivity contribution >= 4 is 27.9 Å². The lowest BCUT2D eigenvalue weighted by Crippen LogP contribution is -2.34. The summed E-state index contributed by atoms with van der Waals surface area (Å²) in [6.45, 7) is 2.20. The topological polar surface area (TPSA) is 64.2 Å². The zero-order valence-electron chi connectivity index (χ0n) is 14.6. The van der Waals surface area contributed by atoms with Gasteiger partial charge >= 0.3 is 5.16 Å². The Morgan fingerprint density at radius 3 is 2.96 bits per heavy atom. The van der Waals surface area contributed by atoms with Crippen molar-refractivity contribution < 1.29 is 9.29 Å². The molecular weight excluding hydrogens is 334 g/mol. The van der Waals surface area contributed by atoms with Crippen LogP contribution < -0.4 is 9.64 Å². The second-order valence-corrected chi connectivity index (χ2v) is 7.82. The molecule has 1 aliphatic heterocycles. The van der Waals surface area contributed by atoms with Gasteiger partial charge < -0.3 is 14.2 Å². The van der Waals surface area contributed by atoms with Crippen LogP contribution in [-0.2, 0) is 17.6 Å². The molecule has 0 saturated carbocycles. The Labute approximate surface area is 150 Å². The van der Waals surface area contributed by atoms with E-state index in [0.29, 0.717) is 11.2 Å². The summed E-state index contributed by atoms with van der Waals surface area (Å²) in [5.74, 6) is 0.749. The predicted octanol–water partition coefficient (Wildman–Crippen LogP) is 3.51. The molecule has 1 aliphatic rings. The maximum Gasteiger partial charge on any atom is 0.327 e. The van der Waals surface area contributed by atoms with Crippen molar-refractivity contribution in [2.75, 3.05) is 19.1 Å². The van der Waals surface area contributed by atoms with Crippen LogP contribution in [0.4, 0.5) is 5.69 Å². The van der Waals surface area contributed by atoms with Crippen LogP contribution >= 0.6 is 0 Å². The predicted molar refractivity (Wildman–Crippen MR) is 99.9 cm³/mol. The zero-order chi connectivity index (χ0) is 17.6. The first-order chi connectivity index (χ1) is 12.1. The lowest BCUT2D eigenvalue weighted by atomic mass is 9.97. The largest absolute Gasteiger partial charge is 0.604 e. The van der Waals surface area contributed by atoms with Gasteiger partial charge in [0.2, 0.25) is 0 Å². The molecule has 130 valence electrons. The normalized spacial score (nSPS) is 18.2. The van der Waals surface area contributed by atoms with Crippen LogP contribution in [0.1, 0.15) is 18.9 Å². The SMILES string of the molecule is COc1ccc2nc([S+]([O-])c3cccc4c3N(C)C(C)CC4)[nH]c2c1. The fourth-order valence-corrected chi connectivity index (χ4v) is 4.63. The molecule has 5 nitrogen and oxygen atoms in total. The fraction of sp³-hybridized carbons (Fsp3) is 0.316. The first-order valence-electron chi connectivity index (χ1n) is 8.38. The van der Waals surface area contributed by atoms with E-state index < -0.39 is 11.2 Å². The highest BCUT2D eigenvalue weighted by molar-refractivity contribution is 7.91. The minimum Gasteiger partial charge on any atom is -0.604 e. The molecule has 0 spiro atoms. The lowest BCUT2D eigenvalue weighted by Gasteiger charge is -2.34. The lowest BCUT2D eigenvalue weighted by molar-refractivity contribution is 0.415. The molecule has 0 radical (unpaired) electrons. The Kier molecular flexibility index (Phi) is 4.09. The minimum atomic E-state index is -1.36. The fourth-order valence-electron chi connectivity index (χ4n) is 3.38. The number of H-pyrrole nitrogens is 1. The highest BCUT2D eigenvalue weighted by Gasteiger charge is 2.30. The quantitative estimate of drug-likeness (QED) is 0.730. The first-order valence-corrected chi connectivity index (χ1v) is 9.53. The van der Waals surface area contributed by atoms with E-state index in [9.17, 15) is 4.55 Å². The van der Waals surface area contributed by atoms with Gasteiger partial charge in [-0.15, -0.1) is 0 Å². The van der Waals surface area contributed by atoms with Crippen molar-refractivity contribution in [3.8, 4) is 5.75 Å². The van der Waals surface area contributed by atoms with Crippen molar-refractivity contribution in [2.45, 2.75) is 35.9 Å². The molecule has 2 atom stereocenters.